The second-order valence-electron chi connectivity index (χ2n) is 16.4. The molecule has 0 heterocycles. The van der Waals surface area contributed by atoms with Gasteiger partial charge in [-0.05, 0) is 122 Å². The number of benzene rings is 1. The fourth-order valence-electron chi connectivity index (χ4n) is 11.9. The Morgan fingerprint density at radius 3 is 2.41 bits per heavy atom. The Hall–Kier alpha value is -1.38. The third kappa shape index (κ3) is 5.43. The lowest BCUT2D eigenvalue weighted by Crippen LogP contribution is -2.61. The number of hydrogen-bond donors (Lipinski definition) is 2. The summed E-state index contributed by atoms with van der Waals surface area (Å²) in [6.45, 7) is 17.6. The van der Waals surface area contributed by atoms with Crippen molar-refractivity contribution in [3.8, 4) is 5.75 Å². The molecule has 1 aromatic carbocycles. The maximum Gasteiger partial charge on any atom is 0.144 e. The van der Waals surface area contributed by atoms with E-state index < -0.39 is 0 Å². The standard InChI is InChI=1S/C38H64N2O/c1-8-21-38-23-20-35(41-33-24-27(39)13-17-32(33)40)36(5,6)34(38)18-14-28-30-16-15-29(37(30,7)22-19-31(28)38)26(4)12-10-11-25(3)9-2/h13,17,24-26,28-31,34-35H,8-12,14-16,18-23,39-40H2,1-7H3. The minimum Gasteiger partial charge on any atom is -0.488 e. The van der Waals surface area contributed by atoms with Crippen molar-refractivity contribution in [3.05, 3.63) is 18.2 Å². The normalized spacial score (nSPS) is 39.3. The van der Waals surface area contributed by atoms with Gasteiger partial charge in [-0.1, -0.05) is 80.6 Å². The number of rotatable bonds is 10. The molecule has 1 aromatic rings. The van der Waals surface area contributed by atoms with E-state index in [0.29, 0.717) is 16.5 Å². The van der Waals surface area contributed by atoms with E-state index in [1.807, 2.05) is 18.2 Å². The summed E-state index contributed by atoms with van der Waals surface area (Å²) in [5, 5.41) is 0. The zero-order valence-electron chi connectivity index (χ0n) is 27.8. The van der Waals surface area contributed by atoms with Crippen LogP contribution in [-0.4, -0.2) is 6.10 Å². The van der Waals surface area contributed by atoms with Gasteiger partial charge in [-0.15, -0.1) is 0 Å². The summed E-state index contributed by atoms with van der Waals surface area (Å²) in [5.74, 6) is 7.00. The van der Waals surface area contributed by atoms with Gasteiger partial charge in [-0.25, -0.2) is 0 Å². The van der Waals surface area contributed by atoms with Crippen molar-refractivity contribution >= 4 is 11.4 Å². The molecular formula is C38H64N2O. The molecule has 4 saturated carbocycles. The van der Waals surface area contributed by atoms with Crippen LogP contribution >= 0.6 is 0 Å². The number of fused-ring (bicyclic) bond motifs is 5. The van der Waals surface area contributed by atoms with E-state index >= 15 is 0 Å². The Morgan fingerprint density at radius 1 is 0.902 bits per heavy atom. The van der Waals surface area contributed by atoms with E-state index in [1.54, 1.807) is 0 Å². The van der Waals surface area contributed by atoms with Gasteiger partial charge in [0.1, 0.15) is 11.9 Å². The highest BCUT2D eigenvalue weighted by Crippen LogP contribution is 2.71. The van der Waals surface area contributed by atoms with Crippen LogP contribution in [0.4, 0.5) is 11.4 Å². The molecule has 4 N–H and O–H groups in total. The lowest BCUT2D eigenvalue weighted by molar-refractivity contribution is -0.185. The van der Waals surface area contributed by atoms with E-state index in [4.69, 9.17) is 16.2 Å². The summed E-state index contributed by atoms with van der Waals surface area (Å²) in [7, 11) is 0. The summed E-state index contributed by atoms with van der Waals surface area (Å²) in [6.07, 6.45) is 19.7. The highest BCUT2D eigenvalue weighted by molar-refractivity contribution is 5.59. The third-order valence-corrected chi connectivity index (χ3v) is 14.1. The van der Waals surface area contributed by atoms with Crippen LogP contribution in [0.25, 0.3) is 0 Å². The molecule has 5 rings (SSSR count). The molecule has 0 saturated heterocycles. The van der Waals surface area contributed by atoms with Crippen LogP contribution < -0.4 is 16.2 Å². The van der Waals surface area contributed by atoms with Crippen LogP contribution in [0.2, 0.25) is 0 Å². The fraction of sp³-hybridized carbons (Fsp3) is 0.842. The average molecular weight is 565 g/mol. The predicted molar refractivity (Wildman–Crippen MR) is 176 cm³/mol. The van der Waals surface area contributed by atoms with Gasteiger partial charge in [0, 0.05) is 17.2 Å². The smallest absolute Gasteiger partial charge is 0.144 e. The van der Waals surface area contributed by atoms with Crippen molar-refractivity contribution in [2.75, 3.05) is 11.5 Å². The van der Waals surface area contributed by atoms with Crippen LogP contribution in [0.15, 0.2) is 18.2 Å². The molecule has 0 aliphatic heterocycles. The Bertz CT molecular complexity index is 1040. The fourth-order valence-corrected chi connectivity index (χ4v) is 11.9. The van der Waals surface area contributed by atoms with Gasteiger partial charge in [-0.3, -0.25) is 0 Å². The summed E-state index contributed by atoms with van der Waals surface area (Å²) in [6, 6.07) is 5.70. The Balaban J connectivity index is 1.34. The molecule has 10 unspecified atom stereocenters. The van der Waals surface area contributed by atoms with Gasteiger partial charge in [0.05, 0.1) is 5.69 Å². The van der Waals surface area contributed by atoms with Crippen LogP contribution in [-0.2, 0) is 0 Å². The van der Waals surface area contributed by atoms with E-state index in [9.17, 15) is 0 Å². The van der Waals surface area contributed by atoms with Crippen LogP contribution in [0.1, 0.15) is 138 Å². The topological polar surface area (TPSA) is 61.3 Å². The lowest BCUT2D eigenvalue weighted by atomic mass is 9.39. The Kier molecular flexibility index (Phi) is 9.05. The molecule has 0 spiro atoms. The number of ether oxygens (including phenoxy) is 1. The molecule has 0 aromatic heterocycles. The number of nitrogens with two attached hydrogens (primary N) is 2. The first-order valence-electron chi connectivity index (χ1n) is 17.8. The largest absolute Gasteiger partial charge is 0.488 e. The molecule has 232 valence electrons. The molecule has 4 aliphatic carbocycles. The molecular weight excluding hydrogens is 500 g/mol. The quantitative estimate of drug-likeness (QED) is 0.278. The van der Waals surface area contributed by atoms with Gasteiger partial charge in [-0.2, -0.15) is 0 Å². The van der Waals surface area contributed by atoms with Crippen molar-refractivity contribution in [2.24, 2.45) is 57.7 Å². The summed E-state index contributed by atoms with van der Waals surface area (Å²) < 4.78 is 6.77. The molecule has 0 amide bonds. The first-order chi connectivity index (χ1) is 19.5. The van der Waals surface area contributed by atoms with E-state index in [-0.39, 0.29) is 11.5 Å². The molecule has 0 radical (unpaired) electrons. The minimum absolute atomic E-state index is 0.124. The Labute approximate surface area is 253 Å². The molecule has 41 heavy (non-hydrogen) atoms. The highest BCUT2D eigenvalue weighted by Gasteiger charge is 2.64. The lowest BCUT2D eigenvalue weighted by Gasteiger charge is -2.66. The second kappa shape index (κ2) is 12.0. The predicted octanol–water partition coefficient (Wildman–Crippen LogP) is 10.5. The van der Waals surface area contributed by atoms with Crippen LogP contribution in [0, 0.1) is 57.7 Å². The molecule has 4 fully saturated rings. The van der Waals surface area contributed by atoms with Gasteiger partial charge >= 0.3 is 0 Å². The Morgan fingerprint density at radius 2 is 1.68 bits per heavy atom. The zero-order chi connectivity index (χ0) is 29.6. The monoisotopic (exact) mass is 565 g/mol. The third-order valence-electron chi connectivity index (χ3n) is 14.1. The van der Waals surface area contributed by atoms with Gasteiger partial charge in [0.2, 0.25) is 0 Å². The molecule has 3 nitrogen and oxygen atoms in total. The number of hydrogen-bond acceptors (Lipinski definition) is 3. The summed E-state index contributed by atoms with van der Waals surface area (Å²) >= 11 is 0. The molecule has 0 bridgehead atoms. The molecule has 3 heteroatoms. The number of nitrogen functional groups attached to an aromatic ring is 2. The van der Waals surface area contributed by atoms with Crippen LogP contribution in [0.5, 0.6) is 5.75 Å². The molecule has 10 atom stereocenters. The van der Waals surface area contributed by atoms with Crippen molar-refractivity contribution < 1.29 is 4.74 Å². The van der Waals surface area contributed by atoms with Crippen molar-refractivity contribution in [1.29, 1.82) is 0 Å². The zero-order valence-corrected chi connectivity index (χ0v) is 27.8. The van der Waals surface area contributed by atoms with E-state index in [2.05, 4.69) is 48.5 Å². The van der Waals surface area contributed by atoms with Crippen molar-refractivity contribution in [2.45, 2.75) is 144 Å². The van der Waals surface area contributed by atoms with E-state index in [0.717, 1.165) is 59.3 Å². The summed E-state index contributed by atoms with van der Waals surface area (Å²) in [4.78, 5) is 0. The maximum atomic E-state index is 6.77. The summed E-state index contributed by atoms with van der Waals surface area (Å²) in [5.41, 5.74) is 15.1. The first kappa shape index (κ1) is 31.1. The first-order valence-corrected chi connectivity index (χ1v) is 17.8. The highest BCUT2D eigenvalue weighted by atomic mass is 16.5. The average Bonchev–Trinajstić information content (AvgIpc) is 3.29. The van der Waals surface area contributed by atoms with E-state index in [1.165, 1.54) is 83.5 Å². The molecule has 4 aliphatic rings. The van der Waals surface area contributed by atoms with Crippen molar-refractivity contribution in [3.63, 3.8) is 0 Å². The van der Waals surface area contributed by atoms with Gasteiger partial charge < -0.3 is 16.2 Å². The van der Waals surface area contributed by atoms with Gasteiger partial charge in [0.15, 0.2) is 0 Å². The maximum absolute atomic E-state index is 6.77. The SMILES string of the molecule is CCCC12CCC(Oc3cc(N)ccc3N)C(C)(C)C1CCC1C3CCC(C(C)CCCC(C)CC)C3(C)CCC12. The van der Waals surface area contributed by atoms with Crippen LogP contribution in [0.3, 0.4) is 0 Å². The number of anilines is 2. The van der Waals surface area contributed by atoms with Crippen molar-refractivity contribution in [1.82, 2.24) is 0 Å². The van der Waals surface area contributed by atoms with Gasteiger partial charge in [0.25, 0.3) is 0 Å². The minimum atomic E-state index is 0.124. The second-order valence-corrected chi connectivity index (χ2v) is 16.4.